The molecule has 3 heterocycles. The average molecular weight is 311 g/mol. The Morgan fingerprint density at radius 2 is 2.17 bits per heavy atom. The Morgan fingerprint density at radius 1 is 1.30 bits per heavy atom. The smallest absolute Gasteiger partial charge is 0.229 e. The second-order valence-electron chi connectivity index (χ2n) is 5.82. The number of nitrogens with zero attached hydrogens (tertiary/aromatic N) is 7. The van der Waals surface area contributed by atoms with E-state index in [-0.39, 0.29) is 0 Å². The van der Waals surface area contributed by atoms with Crippen LogP contribution in [0.3, 0.4) is 0 Å². The third-order valence-corrected chi connectivity index (χ3v) is 3.88. The minimum Gasteiger partial charge on any atom is -0.351 e. The maximum atomic E-state index is 5.27. The van der Waals surface area contributed by atoms with Crippen molar-refractivity contribution in [1.82, 2.24) is 29.9 Å². The minimum absolute atomic E-state index is 0.471. The van der Waals surface area contributed by atoms with Crippen LogP contribution in [0.25, 0.3) is 11.5 Å². The number of rotatable bonds is 5. The lowest BCUT2D eigenvalue weighted by Crippen LogP contribution is -2.19. The topological polar surface area (TPSA) is 85.8 Å². The van der Waals surface area contributed by atoms with Crippen molar-refractivity contribution < 1.29 is 4.52 Å². The van der Waals surface area contributed by atoms with E-state index in [1.807, 2.05) is 41.9 Å². The molecule has 8 nitrogen and oxygen atoms in total. The highest BCUT2D eigenvalue weighted by Gasteiger charge is 2.29. The zero-order valence-corrected chi connectivity index (χ0v) is 13.0. The van der Waals surface area contributed by atoms with Gasteiger partial charge in [-0.1, -0.05) is 5.16 Å². The normalized spacial score (nSPS) is 14.2. The summed E-state index contributed by atoms with van der Waals surface area (Å²) in [6, 6.07) is 3.83. The van der Waals surface area contributed by atoms with Crippen LogP contribution in [0, 0.1) is 0 Å². The summed E-state index contributed by atoms with van der Waals surface area (Å²) in [4.78, 5) is 10.6. The van der Waals surface area contributed by atoms with Gasteiger partial charge in [0.05, 0.1) is 6.54 Å². The van der Waals surface area contributed by atoms with Crippen LogP contribution in [0.5, 0.6) is 0 Å². The SMILES string of the molecule is CN(Cc1noc(C2CC2)n1)c1ccc(-c2nccn2C)nn1. The highest BCUT2D eigenvalue weighted by Crippen LogP contribution is 2.38. The Labute approximate surface area is 133 Å². The number of hydrogen-bond donors (Lipinski definition) is 0. The predicted molar refractivity (Wildman–Crippen MR) is 82.6 cm³/mol. The molecule has 23 heavy (non-hydrogen) atoms. The number of aromatic nitrogens is 6. The zero-order valence-electron chi connectivity index (χ0n) is 13.0. The second kappa shape index (κ2) is 5.45. The fraction of sp³-hybridized carbons (Fsp3) is 0.400. The van der Waals surface area contributed by atoms with Crippen LogP contribution in [0.15, 0.2) is 29.0 Å². The van der Waals surface area contributed by atoms with Crippen LogP contribution < -0.4 is 4.90 Å². The van der Waals surface area contributed by atoms with Gasteiger partial charge in [-0.05, 0) is 25.0 Å². The van der Waals surface area contributed by atoms with E-state index in [0.717, 1.165) is 36.1 Å². The summed E-state index contributed by atoms with van der Waals surface area (Å²) < 4.78 is 7.18. The molecule has 1 saturated carbocycles. The molecule has 3 aromatic heterocycles. The van der Waals surface area contributed by atoms with E-state index >= 15 is 0 Å². The number of hydrogen-bond acceptors (Lipinski definition) is 7. The van der Waals surface area contributed by atoms with Gasteiger partial charge in [0.25, 0.3) is 0 Å². The molecule has 0 aromatic carbocycles. The molecule has 1 aliphatic carbocycles. The first-order valence-corrected chi connectivity index (χ1v) is 7.56. The maximum absolute atomic E-state index is 5.27. The van der Waals surface area contributed by atoms with E-state index in [4.69, 9.17) is 4.52 Å². The molecule has 0 radical (unpaired) electrons. The maximum Gasteiger partial charge on any atom is 0.229 e. The molecule has 0 atom stereocenters. The van der Waals surface area contributed by atoms with E-state index in [9.17, 15) is 0 Å². The molecule has 0 N–H and O–H groups in total. The van der Waals surface area contributed by atoms with Gasteiger partial charge in [-0.3, -0.25) is 0 Å². The summed E-state index contributed by atoms with van der Waals surface area (Å²) in [5, 5.41) is 12.5. The van der Waals surface area contributed by atoms with Crippen molar-refractivity contribution in [2.75, 3.05) is 11.9 Å². The number of anilines is 1. The Bertz CT molecular complexity index is 803. The fourth-order valence-electron chi connectivity index (χ4n) is 2.38. The summed E-state index contributed by atoms with van der Waals surface area (Å²) in [6.45, 7) is 0.534. The summed E-state index contributed by atoms with van der Waals surface area (Å²) in [5.41, 5.74) is 0.741. The van der Waals surface area contributed by atoms with Crippen molar-refractivity contribution in [3.8, 4) is 11.5 Å². The molecule has 0 amide bonds. The van der Waals surface area contributed by atoms with Crippen LogP contribution in [-0.4, -0.2) is 36.9 Å². The third kappa shape index (κ3) is 2.79. The molecule has 0 spiro atoms. The monoisotopic (exact) mass is 311 g/mol. The highest BCUT2D eigenvalue weighted by atomic mass is 16.5. The standard InChI is InChI=1S/C15H17N7O/c1-21-8-7-16-14(21)11-5-6-13(19-18-11)22(2)9-12-17-15(23-20-12)10-3-4-10/h5-8,10H,3-4,9H2,1-2H3. The van der Waals surface area contributed by atoms with E-state index in [0.29, 0.717) is 18.3 Å². The van der Waals surface area contributed by atoms with Gasteiger partial charge in [-0.25, -0.2) is 4.98 Å². The average Bonchev–Trinajstić information content (AvgIpc) is 3.16. The lowest BCUT2D eigenvalue weighted by atomic mass is 10.3. The molecule has 1 fully saturated rings. The van der Waals surface area contributed by atoms with Gasteiger partial charge in [0.2, 0.25) is 5.89 Å². The Morgan fingerprint density at radius 3 is 2.83 bits per heavy atom. The van der Waals surface area contributed by atoms with E-state index in [1.54, 1.807) is 6.20 Å². The summed E-state index contributed by atoms with van der Waals surface area (Å²) >= 11 is 0. The van der Waals surface area contributed by atoms with E-state index < -0.39 is 0 Å². The molecule has 3 aromatic rings. The first kappa shape index (κ1) is 13.9. The highest BCUT2D eigenvalue weighted by molar-refractivity contribution is 5.51. The molecular weight excluding hydrogens is 294 g/mol. The van der Waals surface area contributed by atoms with Gasteiger partial charge in [-0.2, -0.15) is 4.98 Å². The second-order valence-corrected chi connectivity index (χ2v) is 5.82. The van der Waals surface area contributed by atoms with Crippen LogP contribution in [0.2, 0.25) is 0 Å². The Kier molecular flexibility index (Phi) is 3.29. The number of imidazole rings is 1. The Balaban J connectivity index is 1.47. The minimum atomic E-state index is 0.471. The first-order chi connectivity index (χ1) is 11.2. The quantitative estimate of drug-likeness (QED) is 0.709. The van der Waals surface area contributed by atoms with E-state index in [2.05, 4.69) is 25.3 Å². The van der Waals surface area contributed by atoms with Gasteiger partial charge in [0.1, 0.15) is 5.69 Å². The molecule has 0 bridgehead atoms. The molecule has 0 unspecified atom stereocenters. The van der Waals surface area contributed by atoms with Crippen molar-refractivity contribution in [2.45, 2.75) is 25.3 Å². The van der Waals surface area contributed by atoms with Crippen molar-refractivity contribution >= 4 is 5.82 Å². The Hall–Kier alpha value is -2.77. The molecule has 0 saturated heterocycles. The lowest BCUT2D eigenvalue weighted by molar-refractivity contribution is 0.374. The van der Waals surface area contributed by atoms with Crippen molar-refractivity contribution in [2.24, 2.45) is 7.05 Å². The van der Waals surface area contributed by atoms with Crippen molar-refractivity contribution in [1.29, 1.82) is 0 Å². The van der Waals surface area contributed by atoms with Crippen LogP contribution in [0.4, 0.5) is 5.82 Å². The zero-order chi connectivity index (χ0) is 15.8. The van der Waals surface area contributed by atoms with Gasteiger partial charge in [0.15, 0.2) is 17.5 Å². The summed E-state index contributed by atoms with van der Waals surface area (Å²) in [6.07, 6.45) is 5.92. The lowest BCUT2D eigenvalue weighted by Gasteiger charge is -2.15. The third-order valence-electron chi connectivity index (χ3n) is 3.88. The van der Waals surface area contributed by atoms with Gasteiger partial charge in [-0.15, -0.1) is 10.2 Å². The van der Waals surface area contributed by atoms with Gasteiger partial charge >= 0.3 is 0 Å². The van der Waals surface area contributed by atoms with Crippen molar-refractivity contribution in [3.63, 3.8) is 0 Å². The molecule has 4 rings (SSSR count). The van der Waals surface area contributed by atoms with E-state index in [1.165, 1.54) is 0 Å². The predicted octanol–water partition coefficient (Wildman–Crippen LogP) is 1.77. The summed E-state index contributed by atoms with van der Waals surface area (Å²) in [7, 11) is 3.86. The molecule has 8 heteroatoms. The van der Waals surface area contributed by atoms with Gasteiger partial charge < -0.3 is 14.0 Å². The molecule has 1 aliphatic rings. The molecule has 0 aliphatic heterocycles. The molecule has 118 valence electrons. The largest absolute Gasteiger partial charge is 0.351 e. The number of aryl methyl sites for hydroxylation is 1. The van der Waals surface area contributed by atoms with Crippen LogP contribution in [-0.2, 0) is 13.6 Å². The first-order valence-electron chi connectivity index (χ1n) is 7.56. The van der Waals surface area contributed by atoms with Crippen molar-refractivity contribution in [3.05, 3.63) is 36.2 Å². The molecular formula is C15H17N7O. The summed E-state index contributed by atoms with van der Waals surface area (Å²) in [5.74, 6) is 3.44. The van der Waals surface area contributed by atoms with Crippen LogP contribution in [0.1, 0.15) is 30.5 Å². The fourth-order valence-corrected chi connectivity index (χ4v) is 2.38. The van der Waals surface area contributed by atoms with Gasteiger partial charge in [0, 0.05) is 32.4 Å². The van der Waals surface area contributed by atoms with Crippen LogP contribution >= 0.6 is 0 Å².